The van der Waals surface area contributed by atoms with Crippen LogP contribution in [0.3, 0.4) is 0 Å². The molecule has 18 heavy (non-hydrogen) atoms. The molecule has 0 spiro atoms. The van der Waals surface area contributed by atoms with Gasteiger partial charge in [0.1, 0.15) is 0 Å². The van der Waals surface area contributed by atoms with Gasteiger partial charge in [-0.05, 0) is 17.7 Å². The molecule has 0 heterocycles. The summed E-state index contributed by atoms with van der Waals surface area (Å²) in [4.78, 5) is 0. The standard InChI is InChI=1S/C13H21NO4/c1-16-7-8-18-6-5-14-10-11-3-4-12(15)13(9-11)17-2/h3-4,9,14-15H,5-8,10H2,1-2H3. The summed E-state index contributed by atoms with van der Waals surface area (Å²) in [6.45, 7) is 3.37. The molecule has 0 unspecified atom stereocenters. The van der Waals surface area contributed by atoms with Crippen molar-refractivity contribution < 1.29 is 19.3 Å². The minimum atomic E-state index is 0.157. The first-order valence-electron chi connectivity index (χ1n) is 5.91. The van der Waals surface area contributed by atoms with Gasteiger partial charge in [-0.25, -0.2) is 0 Å². The Morgan fingerprint density at radius 2 is 2.00 bits per heavy atom. The van der Waals surface area contributed by atoms with Gasteiger partial charge in [-0.2, -0.15) is 0 Å². The molecule has 0 aromatic heterocycles. The fraction of sp³-hybridized carbons (Fsp3) is 0.538. The maximum absolute atomic E-state index is 9.45. The minimum absolute atomic E-state index is 0.157. The van der Waals surface area contributed by atoms with Gasteiger partial charge in [-0.15, -0.1) is 0 Å². The first-order chi connectivity index (χ1) is 8.77. The lowest BCUT2D eigenvalue weighted by Gasteiger charge is -2.08. The van der Waals surface area contributed by atoms with Crippen molar-refractivity contribution in [1.82, 2.24) is 5.32 Å². The molecular weight excluding hydrogens is 234 g/mol. The highest BCUT2D eigenvalue weighted by atomic mass is 16.5. The van der Waals surface area contributed by atoms with Crippen molar-refractivity contribution in [3.05, 3.63) is 23.8 Å². The first kappa shape index (κ1) is 14.8. The molecule has 0 saturated heterocycles. The average Bonchev–Trinajstić information content (AvgIpc) is 2.39. The summed E-state index contributed by atoms with van der Waals surface area (Å²) < 4.78 is 15.2. The van der Waals surface area contributed by atoms with Crippen molar-refractivity contribution in [2.24, 2.45) is 0 Å². The molecule has 0 fully saturated rings. The molecule has 102 valence electrons. The Kier molecular flexibility index (Phi) is 7.17. The normalized spacial score (nSPS) is 10.6. The fourth-order valence-electron chi connectivity index (χ4n) is 1.45. The van der Waals surface area contributed by atoms with Gasteiger partial charge < -0.3 is 24.6 Å². The molecular formula is C13H21NO4. The van der Waals surface area contributed by atoms with Crippen LogP contribution in [0.15, 0.2) is 18.2 Å². The second kappa shape index (κ2) is 8.74. The molecule has 5 heteroatoms. The van der Waals surface area contributed by atoms with Crippen LogP contribution in [0.4, 0.5) is 0 Å². The highest BCUT2D eigenvalue weighted by Crippen LogP contribution is 2.25. The van der Waals surface area contributed by atoms with Gasteiger partial charge in [0.2, 0.25) is 0 Å². The van der Waals surface area contributed by atoms with E-state index in [1.165, 1.54) is 7.11 Å². The Balaban J connectivity index is 2.19. The maximum atomic E-state index is 9.45. The topological polar surface area (TPSA) is 60.0 Å². The highest BCUT2D eigenvalue weighted by Gasteiger charge is 2.01. The molecule has 0 atom stereocenters. The van der Waals surface area contributed by atoms with E-state index < -0.39 is 0 Å². The van der Waals surface area contributed by atoms with E-state index in [0.29, 0.717) is 32.1 Å². The Bertz CT molecular complexity index is 344. The molecule has 1 rings (SSSR count). The van der Waals surface area contributed by atoms with Gasteiger partial charge in [-0.1, -0.05) is 6.07 Å². The largest absolute Gasteiger partial charge is 0.504 e. The van der Waals surface area contributed by atoms with Crippen molar-refractivity contribution in [3.63, 3.8) is 0 Å². The minimum Gasteiger partial charge on any atom is -0.504 e. The average molecular weight is 255 g/mol. The van der Waals surface area contributed by atoms with E-state index in [1.807, 2.05) is 12.1 Å². The van der Waals surface area contributed by atoms with E-state index >= 15 is 0 Å². The molecule has 1 aromatic rings. The Hall–Kier alpha value is -1.30. The van der Waals surface area contributed by atoms with E-state index in [4.69, 9.17) is 14.2 Å². The number of phenolic OH excluding ortho intramolecular Hbond substituents is 1. The van der Waals surface area contributed by atoms with Crippen LogP contribution in [0.1, 0.15) is 5.56 Å². The predicted octanol–water partition coefficient (Wildman–Crippen LogP) is 1.15. The lowest BCUT2D eigenvalue weighted by molar-refractivity contribution is 0.0719. The Morgan fingerprint density at radius 1 is 1.17 bits per heavy atom. The third-order valence-corrected chi connectivity index (χ3v) is 2.43. The van der Waals surface area contributed by atoms with Gasteiger partial charge in [0.05, 0.1) is 26.9 Å². The van der Waals surface area contributed by atoms with Crippen LogP contribution < -0.4 is 10.1 Å². The van der Waals surface area contributed by atoms with Gasteiger partial charge >= 0.3 is 0 Å². The lowest BCUT2D eigenvalue weighted by Crippen LogP contribution is -2.20. The predicted molar refractivity (Wildman–Crippen MR) is 69.1 cm³/mol. The molecule has 0 radical (unpaired) electrons. The van der Waals surface area contributed by atoms with Crippen LogP contribution in [0, 0.1) is 0 Å². The van der Waals surface area contributed by atoms with Crippen LogP contribution in [0.25, 0.3) is 0 Å². The first-order valence-corrected chi connectivity index (χ1v) is 5.91. The summed E-state index contributed by atoms with van der Waals surface area (Å²) in [5.74, 6) is 0.648. The molecule has 0 amide bonds. The third-order valence-electron chi connectivity index (χ3n) is 2.43. The zero-order valence-electron chi connectivity index (χ0n) is 10.9. The van der Waals surface area contributed by atoms with Gasteiger partial charge in [0, 0.05) is 20.2 Å². The number of phenols is 1. The SMILES string of the molecule is COCCOCCNCc1ccc(O)c(OC)c1. The van der Waals surface area contributed by atoms with Crippen molar-refractivity contribution in [2.75, 3.05) is 40.6 Å². The van der Waals surface area contributed by atoms with Gasteiger partial charge in [0.25, 0.3) is 0 Å². The highest BCUT2D eigenvalue weighted by molar-refractivity contribution is 5.41. The zero-order valence-corrected chi connectivity index (χ0v) is 10.9. The van der Waals surface area contributed by atoms with Gasteiger partial charge in [0.15, 0.2) is 11.5 Å². The Morgan fingerprint density at radius 3 is 2.72 bits per heavy atom. The second-order valence-electron chi connectivity index (χ2n) is 3.79. The number of hydrogen-bond acceptors (Lipinski definition) is 5. The van der Waals surface area contributed by atoms with E-state index in [9.17, 15) is 5.11 Å². The maximum Gasteiger partial charge on any atom is 0.160 e. The van der Waals surface area contributed by atoms with E-state index in [1.54, 1.807) is 13.2 Å². The number of benzene rings is 1. The lowest BCUT2D eigenvalue weighted by atomic mass is 10.2. The molecule has 5 nitrogen and oxygen atoms in total. The number of rotatable bonds is 9. The third kappa shape index (κ3) is 5.35. The number of methoxy groups -OCH3 is 2. The second-order valence-corrected chi connectivity index (χ2v) is 3.79. The van der Waals surface area contributed by atoms with Crippen LogP contribution in [-0.2, 0) is 16.0 Å². The summed E-state index contributed by atoms with van der Waals surface area (Å²) in [7, 11) is 3.19. The van der Waals surface area contributed by atoms with Gasteiger partial charge in [-0.3, -0.25) is 0 Å². The van der Waals surface area contributed by atoms with Crippen LogP contribution in [-0.4, -0.2) is 45.7 Å². The molecule has 0 bridgehead atoms. The van der Waals surface area contributed by atoms with Crippen molar-refractivity contribution >= 4 is 0 Å². The molecule has 0 aliphatic rings. The molecule has 0 aliphatic heterocycles. The van der Waals surface area contributed by atoms with Crippen LogP contribution in [0.2, 0.25) is 0 Å². The summed E-state index contributed by atoms with van der Waals surface area (Å²) in [5, 5.41) is 12.7. The van der Waals surface area contributed by atoms with Crippen molar-refractivity contribution in [1.29, 1.82) is 0 Å². The summed E-state index contributed by atoms with van der Waals surface area (Å²) in [6, 6.07) is 5.30. The quantitative estimate of drug-likeness (QED) is 0.648. The molecule has 1 aromatic carbocycles. The van der Waals surface area contributed by atoms with Crippen LogP contribution >= 0.6 is 0 Å². The monoisotopic (exact) mass is 255 g/mol. The molecule has 0 aliphatic carbocycles. The molecule has 2 N–H and O–H groups in total. The van der Waals surface area contributed by atoms with Crippen LogP contribution in [0.5, 0.6) is 11.5 Å². The summed E-state index contributed by atoms with van der Waals surface area (Å²) >= 11 is 0. The Labute approximate surface area is 108 Å². The zero-order chi connectivity index (χ0) is 13.2. The number of hydrogen-bond donors (Lipinski definition) is 2. The smallest absolute Gasteiger partial charge is 0.160 e. The summed E-state index contributed by atoms with van der Waals surface area (Å²) in [5.41, 5.74) is 1.06. The van der Waals surface area contributed by atoms with E-state index in [2.05, 4.69) is 5.32 Å². The molecule has 0 saturated carbocycles. The number of nitrogens with one attached hydrogen (secondary N) is 1. The summed E-state index contributed by atoms with van der Waals surface area (Å²) in [6.07, 6.45) is 0. The number of aromatic hydroxyl groups is 1. The van der Waals surface area contributed by atoms with E-state index in [0.717, 1.165) is 12.1 Å². The van der Waals surface area contributed by atoms with Crippen molar-refractivity contribution in [2.45, 2.75) is 6.54 Å². The van der Waals surface area contributed by atoms with E-state index in [-0.39, 0.29) is 5.75 Å². The fourth-order valence-corrected chi connectivity index (χ4v) is 1.45. The number of ether oxygens (including phenoxy) is 3. The van der Waals surface area contributed by atoms with Crippen molar-refractivity contribution in [3.8, 4) is 11.5 Å².